The Bertz CT molecular complexity index is 591. The minimum Gasteiger partial charge on any atom is -0.454 e. The summed E-state index contributed by atoms with van der Waals surface area (Å²) in [6, 6.07) is 6.13. The summed E-state index contributed by atoms with van der Waals surface area (Å²) in [6.07, 6.45) is 6.11. The van der Waals surface area contributed by atoms with Gasteiger partial charge in [-0.25, -0.2) is 0 Å². The van der Waals surface area contributed by atoms with Crippen LogP contribution in [0.4, 0.5) is 0 Å². The van der Waals surface area contributed by atoms with Crippen molar-refractivity contribution in [3.8, 4) is 11.5 Å². The van der Waals surface area contributed by atoms with Crippen molar-refractivity contribution in [2.24, 2.45) is 0 Å². The summed E-state index contributed by atoms with van der Waals surface area (Å²) in [4.78, 5) is 12.1. The summed E-state index contributed by atoms with van der Waals surface area (Å²) in [6.45, 7) is 1.85. The van der Waals surface area contributed by atoms with Gasteiger partial charge in [-0.05, 0) is 49.8 Å². The maximum atomic E-state index is 12.1. The predicted molar refractivity (Wildman–Crippen MR) is 84.7 cm³/mol. The zero-order valence-electron chi connectivity index (χ0n) is 13.3. The van der Waals surface area contributed by atoms with Crippen LogP contribution in [-0.2, 0) is 14.9 Å². The maximum Gasteiger partial charge on any atom is 0.231 e. The van der Waals surface area contributed by atoms with Gasteiger partial charge < -0.3 is 19.5 Å². The lowest BCUT2D eigenvalue weighted by Crippen LogP contribution is -2.32. The molecule has 1 aromatic carbocycles. The topological polar surface area (TPSA) is 56.8 Å². The molecule has 0 aromatic heterocycles. The molecule has 1 amide bonds. The predicted octanol–water partition coefficient (Wildman–Crippen LogP) is 2.52. The Labute approximate surface area is 136 Å². The van der Waals surface area contributed by atoms with Gasteiger partial charge in [0.25, 0.3) is 0 Å². The van der Waals surface area contributed by atoms with Crippen molar-refractivity contribution < 1.29 is 19.0 Å². The summed E-state index contributed by atoms with van der Waals surface area (Å²) >= 11 is 0. The molecule has 0 radical (unpaired) electrons. The molecule has 1 aliphatic carbocycles. The number of benzene rings is 1. The highest BCUT2D eigenvalue weighted by Crippen LogP contribution is 2.49. The van der Waals surface area contributed by atoms with Crippen LogP contribution in [0.15, 0.2) is 18.2 Å². The Hall–Kier alpha value is -1.75. The zero-order chi connectivity index (χ0) is 15.7. The van der Waals surface area contributed by atoms with Crippen LogP contribution >= 0.6 is 0 Å². The second-order valence-corrected chi connectivity index (χ2v) is 6.80. The number of fused-ring (bicyclic) bond motifs is 1. The quantitative estimate of drug-likeness (QED) is 0.876. The fourth-order valence-corrected chi connectivity index (χ4v) is 3.47. The fourth-order valence-electron chi connectivity index (χ4n) is 3.47. The van der Waals surface area contributed by atoms with Crippen LogP contribution in [0.5, 0.6) is 11.5 Å². The lowest BCUT2D eigenvalue weighted by atomic mass is 9.95. The number of hydrogen-bond acceptors (Lipinski definition) is 4. The van der Waals surface area contributed by atoms with E-state index in [-0.39, 0.29) is 17.4 Å². The highest BCUT2D eigenvalue weighted by molar-refractivity contribution is 5.76. The van der Waals surface area contributed by atoms with Crippen molar-refractivity contribution in [1.82, 2.24) is 5.32 Å². The second kappa shape index (κ2) is 6.04. The van der Waals surface area contributed by atoms with Crippen LogP contribution in [0.25, 0.3) is 0 Å². The van der Waals surface area contributed by atoms with Crippen molar-refractivity contribution in [1.29, 1.82) is 0 Å². The van der Waals surface area contributed by atoms with Gasteiger partial charge in [0.05, 0.1) is 6.10 Å². The SMILES string of the molecule is O=C(CC[C@H]1CCCO1)NCC1(c2ccc3c(c2)OCO3)CC1. The molecule has 2 heterocycles. The normalized spacial score (nSPS) is 23.7. The molecule has 4 rings (SSSR count). The molecule has 0 unspecified atom stereocenters. The Morgan fingerprint density at radius 1 is 1.26 bits per heavy atom. The second-order valence-electron chi connectivity index (χ2n) is 6.80. The van der Waals surface area contributed by atoms with Crippen molar-refractivity contribution in [2.75, 3.05) is 19.9 Å². The van der Waals surface area contributed by atoms with Crippen LogP contribution in [0.3, 0.4) is 0 Å². The zero-order valence-corrected chi connectivity index (χ0v) is 13.3. The van der Waals surface area contributed by atoms with Gasteiger partial charge in [-0.2, -0.15) is 0 Å². The molecule has 5 nitrogen and oxygen atoms in total. The number of amides is 1. The lowest BCUT2D eigenvalue weighted by molar-refractivity contribution is -0.121. The molecular formula is C18H23NO4. The molecule has 1 N–H and O–H groups in total. The fraction of sp³-hybridized carbons (Fsp3) is 0.611. The van der Waals surface area contributed by atoms with E-state index in [1.165, 1.54) is 5.56 Å². The van der Waals surface area contributed by atoms with Gasteiger partial charge >= 0.3 is 0 Å². The Morgan fingerprint density at radius 3 is 2.91 bits per heavy atom. The molecule has 3 aliphatic rings. The van der Waals surface area contributed by atoms with Crippen molar-refractivity contribution in [2.45, 2.75) is 50.0 Å². The van der Waals surface area contributed by atoms with Crippen molar-refractivity contribution in [3.63, 3.8) is 0 Å². The van der Waals surface area contributed by atoms with Crippen LogP contribution in [0, 0.1) is 0 Å². The molecule has 2 aliphatic heterocycles. The van der Waals surface area contributed by atoms with Gasteiger partial charge in [-0.15, -0.1) is 0 Å². The number of rotatable bonds is 6. The van der Waals surface area contributed by atoms with Crippen molar-refractivity contribution in [3.05, 3.63) is 23.8 Å². The Morgan fingerprint density at radius 2 is 2.13 bits per heavy atom. The maximum absolute atomic E-state index is 12.1. The average Bonchev–Trinajstić information content (AvgIpc) is 3.00. The third-order valence-corrected chi connectivity index (χ3v) is 5.18. The Balaban J connectivity index is 1.30. The molecule has 2 fully saturated rings. The molecule has 5 heteroatoms. The molecular weight excluding hydrogens is 294 g/mol. The van der Waals surface area contributed by atoms with E-state index in [2.05, 4.69) is 17.4 Å². The lowest BCUT2D eigenvalue weighted by Gasteiger charge is -2.17. The largest absolute Gasteiger partial charge is 0.454 e. The summed E-state index contributed by atoms with van der Waals surface area (Å²) in [5.41, 5.74) is 1.32. The first-order valence-corrected chi connectivity index (χ1v) is 8.54. The van der Waals surface area contributed by atoms with E-state index in [0.29, 0.717) is 19.8 Å². The minimum absolute atomic E-state index is 0.0838. The van der Waals surface area contributed by atoms with Crippen LogP contribution in [-0.4, -0.2) is 32.0 Å². The standard InChI is InChI=1S/C18H23NO4/c20-17(6-4-14-2-1-9-21-14)19-11-18(7-8-18)13-3-5-15-16(10-13)23-12-22-15/h3,5,10,14H,1-2,4,6-9,11-12H2,(H,19,20)/t14-/m1/s1. The van der Waals surface area contributed by atoms with Crippen LogP contribution < -0.4 is 14.8 Å². The van der Waals surface area contributed by atoms with Gasteiger partial charge in [-0.3, -0.25) is 4.79 Å². The van der Waals surface area contributed by atoms with Crippen LogP contribution in [0.1, 0.15) is 44.1 Å². The highest BCUT2D eigenvalue weighted by Gasteiger charge is 2.45. The van der Waals surface area contributed by atoms with E-state index in [4.69, 9.17) is 14.2 Å². The van der Waals surface area contributed by atoms with Crippen molar-refractivity contribution >= 4 is 5.91 Å². The van der Waals surface area contributed by atoms with Gasteiger partial charge in [0, 0.05) is 25.0 Å². The molecule has 124 valence electrons. The number of carbonyl (C=O) groups excluding carboxylic acids is 1. The van der Waals surface area contributed by atoms with E-state index < -0.39 is 0 Å². The molecule has 1 atom stereocenters. The smallest absolute Gasteiger partial charge is 0.231 e. The number of ether oxygens (including phenoxy) is 3. The molecule has 0 bridgehead atoms. The summed E-state index contributed by atoms with van der Waals surface area (Å²) in [7, 11) is 0. The first-order chi connectivity index (χ1) is 11.3. The molecule has 1 saturated heterocycles. The first kappa shape index (κ1) is 14.8. The van der Waals surface area contributed by atoms with Gasteiger partial charge in [0.2, 0.25) is 12.7 Å². The summed E-state index contributed by atoms with van der Waals surface area (Å²) < 4.78 is 16.4. The van der Waals surface area contributed by atoms with E-state index in [1.54, 1.807) is 0 Å². The summed E-state index contributed by atoms with van der Waals surface area (Å²) in [5.74, 6) is 1.76. The van der Waals surface area contributed by atoms with Gasteiger partial charge in [-0.1, -0.05) is 6.07 Å². The first-order valence-electron chi connectivity index (χ1n) is 8.54. The third-order valence-electron chi connectivity index (χ3n) is 5.18. The van der Waals surface area contributed by atoms with Gasteiger partial charge in [0.1, 0.15) is 0 Å². The Kier molecular flexibility index (Phi) is 3.89. The number of hydrogen-bond donors (Lipinski definition) is 1. The molecule has 0 spiro atoms. The third kappa shape index (κ3) is 3.15. The van der Waals surface area contributed by atoms with E-state index in [0.717, 1.165) is 50.2 Å². The average molecular weight is 317 g/mol. The molecule has 1 aromatic rings. The van der Waals surface area contributed by atoms with Gasteiger partial charge in [0.15, 0.2) is 11.5 Å². The number of carbonyl (C=O) groups is 1. The highest BCUT2D eigenvalue weighted by atomic mass is 16.7. The number of nitrogens with one attached hydrogen (secondary N) is 1. The monoisotopic (exact) mass is 317 g/mol. The summed E-state index contributed by atoms with van der Waals surface area (Å²) in [5, 5.41) is 3.11. The van der Waals surface area contributed by atoms with E-state index in [1.807, 2.05) is 6.07 Å². The van der Waals surface area contributed by atoms with E-state index >= 15 is 0 Å². The minimum atomic E-state index is 0.0838. The molecule has 1 saturated carbocycles. The molecule has 23 heavy (non-hydrogen) atoms. The van der Waals surface area contributed by atoms with Crippen LogP contribution in [0.2, 0.25) is 0 Å². The van der Waals surface area contributed by atoms with E-state index in [9.17, 15) is 4.79 Å².